The molecule has 0 aliphatic rings. The van der Waals surface area contributed by atoms with Gasteiger partial charge in [-0.25, -0.2) is 4.98 Å². The van der Waals surface area contributed by atoms with Crippen molar-refractivity contribution in [2.45, 2.75) is 0 Å². The van der Waals surface area contributed by atoms with E-state index in [1.165, 1.54) is 17.1 Å². The number of aryl methyl sites for hydroxylation is 1. The molecule has 2 N–H and O–H groups in total. The van der Waals surface area contributed by atoms with Crippen LogP contribution in [-0.2, 0) is 11.6 Å². The Hall–Kier alpha value is -0.970. The smallest absolute Gasteiger partial charge is 0.331 e. The predicted molar refractivity (Wildman–Crippen MR) is 44.4 cm³/mol. The molecule has 1 heterocycles. The van der Waals surface area contributed by atoms with Crippen LogP contribution in [0.3, 0.4) is 0 Å². The summed E-state index contributed by atoms with van der Waals surface area (Å²) in [6.45, 7) is 0. The van der Waals surface area contributed by atoms with Crippen molar-refractivity contribution in [3.8, 4) is 0 Å². The van der Waals surface area contributed by atoms with Gasteiger partial charge in [0.05, 0.1) is 12.5 Å². The lowest BCUT2D eigenvalue weighted by Crippen LogP contribution is -2.10. The second-order valence-electron chi connectivity index (χ2n) is 2.64. The van der Waals surface area contributed by atoms with Crippen LogP contribution < -0.4 is 0 Å². The van der Waals surface area contributed by atoms with Crippen LogP contribution in [0.15, 0.2) is 12.5 Å². The molecular weight excluding hydrogens is 195 g/mol. The molecule has 1 rings (SSSR count). The van der Waals surface area contributed by atoms with Gasteiger partial charge in [0, 0.05) is 7.05 Å². The average Bonchev–Trinajstić information content (AvgIpc) is 2.30. The number of carbonyl (C=O) groups excluding carboxylic acids is 1. The minimum atomic E-state index is -4.27. The van der Waals surface area contributed by atoms with Crippen molar-refractivity contribution >= 4 is 13.4 Å². The van der Waals surface area contributed by atoms with Crippen LogP contribution in [0.4, 0.5) is 0 Å². The van der Waals surface area contributed by atoms with Gasteiger partial charge in [-0.1, -0.05) is 0 Å². The van der Waals surface area contributed by atoms with Crippen molar-refractivity contribution in [3.63, 3.8) is 0 Å². The third-order valence-electron chi connectivity index (χ3n) is 1.45. The molecule has 0 unspecified atom stereocenters. The lowest BCUT2D eigenvalue weighted by atomic mass is 10.3. The van der Waals surface area contributed by atoms with Gasteiger partial charge in [-0.05, 0) is 0 Å². The van der Waals surface area contributed by atoms with Crippen LogP contribution in [0.5, 0.6) is 0 Å². The van der Waals surface area contributed by atoms with Crippen molar-refractivity contribution in [2.75, 3.05) is 6.16 Å². The molecule has 0 aromatic carbocycles. The topological polar surface area (TPSA) is 92.4 Å². The van der Waals surface area contributed by atoms with Gasteiger partial charge in [0.2, 0.25) is 0 Å². The van der Waals surface area contributed by atoms with E-state index in [-0.39, 0.29) is 5.69 Å². The molecule has 0 spiro atoms. The number of imidazole rings is 1. The number of aromatic nitrogens is 2. The Morgan fingerprint density at radius 1 is 1.69 bits per heavy atom. The van der Waals surface area contributed by atoms with E-state index in [4.69, 9.17) is 9.79 Å². The third-order valence-corrected chi connectivity index (χ3v) is 2.15. The fraction of sp³-hybridized carbons (Fsp3) is 0.333. The molecular formula is C6H9N2O4P. The van der Waals surface area contributed by atoms with Crippen LogP contribution in [0, 0.1) is 0 Å². The van der Waals surface area contributed by atoms with Gasteiger partial charge in [0.25, 0.3) is 0 Å². The van der Waals surface area contributed by atoms with E-state index in [0.29, 0.717) is 0 Å². The SMILES string of the molecule is Cn1cncc1C(=O)CP(=O)(O)O. The van der Waals surface area contributed by atoms with Crippen LogP contribution in [0.2, 0.25) is 0 Å². The fourth-order valence-corrected chi connectivity index (χ4v) is 1.43. The highest BCUT2D eigenvalue weighted by atomic mass is 31.2. The van der Waals surface area contributed by atoms with Crippen molar-refractivity contribution in [1.82, 2.24) is 9.55 Å². The number of hydrogen-bond acceptors (Lipinski definition) is 3. The zero-order valence-electron chi connectivity index (χ0n) is 6.91. The van der Waals surface area contributed by atoms with Crippen molar-refractivity contribution in [2.24, 2.45) is 7.05 Å². The van der Waals surface area contributed by atoms with E-state index in [1.54, 1.807) is 7.05 Å². The molecule has 0 saturated carbocycles. The maximum absolute atomic E-state index is 11.2. The summed E-state index contributed by atoms with van der Waals surface area (Å²) in [4.78, 5) is 31.9. The second-order valence-corrected chi connectivity index (χ2v) is 4.28. The third kappa shape index (κ3) is 2.77. The minimum absolute atomic E-state index is 0.198. The number of Topliss-reactive ketones (excluding diaryl/α,β-unsaturated/α-hetero) is 1. The van der Waals surface area contributed by atoms with E-state index >= 15 is 0 Å². The molecule has 6 nitrogen and oxygen atoms in total. The number of nitrogens with zero attached hydrogens (tertiary/aromatic N) is 2. The monoisotopic (exact) mass is 204 g/mol. The molecule has 0 atom stereocenters. The molecule has 0 saturated heterocycles. The number of hydrogen-bond donors (Lipinski definition) is 2. The summed E-state index contributed by atoms with van der Waals surface area (Å²) < 4.78 is 11.9. The molecule has 0 bridgehead atoms. The molecule has 13 heavy (non-hydrogen) atoms. The number of carbonyl (C=O) groups is 1. The quantitative estimate of drug-likeness (QED) is 0.524. The summed E-state index contributed by atoms with van der Waals surface area (Å²) in [5.41, 5.74) is 0.198. The van der Waals surface area contributed by atoms with Gasteiger partial charge in [0.15, 0.2) is 5.78 Å². The maximum Gasteiger partial charge on any atom is 0.333 e. The van der Waals surface area contributed by atoms with E-state index in [9.17, 15) is 9.36 Å². The first-order valence-electron chi connectivity index (χ1n) is 3.44. The van der Waals surface area contributed by atoms with Crippen LogP contribution >= 0.6 is 7.60 Å². The lowest BCUT2D eigenvalue weighted by Gasteiger charge is -2.02. The summed E-state index contributed by atoms with van der Waals surface area (Å²) in [5.74, 6) is -0.603. The molecule has 72 valence electrons. The zero-order chi connectivity index (χ0) is 10.1. The Kier molecular flexibility index (Phi) is 2.66. The van der Waals surface area contributed by atoms with E-state index in [1.807, 2.05) is 0 Å². The van der Waals surface area contributed by atoms with Gasteiger partial charge in [-0.3, -0.25) is 9.36 Å². The van der Waals surface area contributed by atoms with Crippen molar-refractivity contribution in [3.05, 3.63) is 18.2 Å². The highest BCUT2D eigenvalue weighted by Crippen LogP contribution is 2.34. The zero-order valence-corrected chi connectivity index (χ0v) is 7.81. The summed E-state index contributed by atoms with van der Waals surface area (Å²) >= 11 is 0. The summed E-state index contributed by atoms with van der Waals surface area (Å²) in [5, 5.41) is 0. The van der Waals surface area contributed by atoms with Crippen molar-refractivity contribution in [1.29, 1.82) is 0 Å². The highest BCUT2D eigenvalue weighted by Gasteiger charge is 2.21. The number of rotatable bonds is 3. The molecule has 0 amide bonds. The Morgan fingerprint density at radius 2 is 2.31 bits per heavy atom. The van der Waals surface area contributed by atoms with E-state index in [0.717, 1.165) is 0 Å². The summed E-state index contributed by atoms with van der Waals surface area (Å²) in [7, 11) is -2.69. The van der Waals surface area contributed by atoms with Crippen LogP contribution in [-0.4, -0.2) is 31.3 Å². The first-order valence-corrected chi connectivity index (χ1v) is 5.24. The minimum Gasteiger partial charge on any atom is -0.331 e. The van der Waals surface area contributed by atoms with Gasteiger partial charge in [-0.2, -0.15) is 0 Å². The Bertz CT molecular complexity index is 366. The lowest BCUT2D eigenvalue weighted by molar-refractivity contribution is 0.100. The second kappa shape index (κ2) is 3.41. The van der Waals surface area contributed by atoms with Gasteiger partial charge in [-0.15, -0.1) is 0 Å². The molecule has 7 heteroatoms. The molecule has 1 aromatic heterocycles. The van der Waals surface area contributed by atoms with Crippen LogP contribution in [0.25, 0.3) is 0 Å². The Morgan fingerprint density at radius 3 is 2.69 bits per heavy atom. The maximum atomic E-state index is 11.2. The van der Waals surface area contributed by atoms with E-state index < -0.39 is 19.5 Å². The van der Waals surface area contributed by atoms with Crippen molar-refractivity contribution < 1.29 is 19.1 Å². The Balaban J connectivity index is 2.82. The summed E-state index contributed by atoms with van der Waals surface area (Å²) in [6.07, 6.45) is 1.90. The highest BCUT2D eigenvalue weighted by molar-refractivity contribution is 7.52. The predicted octanol–water partition coefficient (Wildman–Crippen LogP) is -0.220. The largest absolute Gasteiger partial charge is 0.333 e. The van der Waals surface area contributed by atoms with Gasteiger partial charge >= 0.3 is 7.60 Å². The first kappa shape index (κ1) is 10.1. The van der Waals surface area contributed by atoms with Gasteiger partial charge in [0.1, 0.15) is 11.9 Å². The molecule has 0 fully saturated rings. The Labute approximate surface area is 74.4 Å². The fourth-order valence-electron chi connectivity index (χ4n) is 0.894. The first-order chi connectivity index (χ1) is 5.90. The summed E-state index contributed by atoms with van der Waals surface area (Å²) in [6, 6.07) is 0. The molecule has 0 radical (unpaired) electrons. The molecule has 0 aliphatic heterocycles. The normalized spacial score (nSPS) is 11.6. The van der Waals surface area contributed by atoms with E-state index in [2.05, 4.69) is 4.98 Å². The molecule has 0 aliphatic carbocycles. The number of ketones is 1. The standard InChI is InChI=1S/C6H9N2O4P/c1-8-4-7-2-5(8)6(9)3-13(10,11)12/h2,4H,3H2,1H3,(H2,10,11,12). The van der Waals surface area contributed by atoms with Gasteiger partial charge < -0.3 is 14.4 Å². The van der Waals surface area contributed by atoms with Crippen LogP contribution in [0.1, 0.15) is 10.5 Å². The molecule has 1 aromatic rings. The average molecular weight is 204 g/mol.